The van der Waals surface area contributed by atoms with Gasteiger partial charge in [-0.2, -0.15) is 0 Å². The lowest BCUT2D eigenvalue weighted by molar-refractivity contribution is 0.0951. The third-order valence-corrected chi connectivity index (χ3v) is 4.82. The van der Waals surface area contributed by atoms with Gasteiger partial charge >= 0.3 is 0 Å². The average molecular weight is 355 g/mol. The van der Waals surface area contributed by atoms with E-state index in [1.54, 1.807) is 6.33 Å². The predicted octanol–water partition coefficient (Wildman–Crippen LogP) is 4.57. The summed E-state index contributed by atoms with van der Waals surface area (Å²) >= 11 is 0. The zero-order chi connectivity index (χ0) is 18.8. The number of aryl methyl sites for hydroxylation is 2. The van der Waals surface area contributed by atoms with Gasteiger partial charge in [0, 0.05) is 17.8 Å². The van der Waals surface area contributed by atoms with Crippen LogP contribution in [0.4, 0.5) is 0 Å². The van der Waals surface area contributed by atoms with Crippen molar-refractivity contribution >= 4 is 16.9 Å². The molecule has 0 unspecified atom stereocenters. The van der Waals surface area contributed by atoms with Crippen LogP contribution >= 0.6 is 0 Å². The number of aromatic nitrogens is 2. The van der Waals surface area contributed by atoms with Gasteiger partial charge in [-0.1, -0.05) is 42.0 Å². The van der Waals surface area contributed by atoms with Crippen LogP contribution in [0.5, 0.6) is 0 Å². The molecule has 0 radical (unpaired) electrons. The zero-order valence-corrected chi connectivity index (χ0v) is 15.4. The summed E-state index contributed by atoms with van der Waals surface area (Å²) in [6.45, 7) is 4.63. The number of imidazole rings is 1. The molecule has 0 aliphatic heterocycles. The molecule has 0 fully saturated rings. The summed E-state index contributed by atoms with van der Waals surface area (Å²) in [4.78, 5) is 17.0. The van der Waals surface area contributed by atoms with Crippen molar-refractivity contribution in [3.63, 3.8) is 0 Å². The number of benzene rings is 3. The fourth-order valence-corrected chi connectivity index (χ4v) is 3.15. The molecule has 134 valence electrons. The van der Waals surface area contributed by atoms with E-state index in [2.05, 4.69) is 41.5 Å². The summed E-state index contributed by atoms with van der Waals surface area (Å²) in [7, 11) is 0. The topological polar surface area (TPSA) is 46.9 Å². The molecule has 27 heavy (non-hydrogen) atoms. The molecular formula is C23H21N3O. The third-order valence-electron chi connectivity index (χ3n) is 4.82. The maximum absolute atomic E-state index is 12.5. The van der Waals surface area contributed by atoms with Crippen molar-refractivity contribution in [3.8, 4) is 5.69 Å². The van der Waals surface area contributed by atoms with Gasteiger partial charge in [0.1, 0.15) is 6.33 Å². The van der Waals surface area contributed by atoms with Gasteiger partial charge in [-0.25, -0.2) is 4.98 Å². The first-order chi connectivity index (χ1) is 13.1. The Morgan fingerprint density at radius 3 is 2.56 bits per heavy atom. The fraction of sp³-hybridized carbons (Fsp3) is 0.130. The molecule has 4 heteroatoms. The van der Waals surface area contributed by atoms with Crippen LogP contribution in [0.3, 0.4) is 0 Å². The highest BCUT2D eigenvalue weighted by atomic mass is 16.1. The highest BCUT2D eigenvalue weighted by molar-refractivity contribution is 5.97. The second-order valence-electron chi connectivity index (χ2n) is 6.76. The molecule has 3 aromatic carbocycles. The minimum atomic E-state index is -0.0926. The zero-order valence-electron chi connectivity index (χ0n) is 15.4. The number of amides is 1. The number of hydrogen-bond donors (Lipinski definition) is 1. The molecule has 0 aliphatic rings. The number of carbonyl (C=O) groups is 1. The van der Waals surface area contributed by atoms with Crippen molar-refractivity contribution in [2.45, 2.75) is 20.4 Å². The summed E-state index contributed by atoms with van der Waals surface area (Å²) in [5, 5.41) is 2.99. The Morgan fingerprint density at radius 2 is 1.78 bits per heavy atom. The molecule has 4 rings (SSSR count). The van der Waals surface area contributed by atoms with E-state index in [0.29, 0.717) is 12.1 Å². The molecule has 1 heterocycles. The Morgan fingerprint density at radius 1 is 1.00 bits per heavy atom. The molecule has 0 saturated heterocycles. The van der Waals surface area contributed by atoms with Crippen LogP contribution < -0.4 is 5.32 Å². The Bertz CT molecular complexity index is 1110. The van der Waals surface area contributed by atoms with Crippen LogP contribution in [0.15, 0.2) is 73.1 Å². The van der Waals surface area contributed by atoms with Gasteiger partial charge < -0.3 is 5.32 Å². The number of nitrogens with one attached hydrogen (secondary N) is 1. The number of fused-ring (bicyclic) bond motifs is 1. The lowest BCUT2D eigenvalue weighted by atomic mass is 10.1. The van der Waals surface area contributed by atoms with Gasteiger partial charge in [-0.3, -0.25) is 9.36 Å². The minimum Gasteiger partial charge on any atom is -0.348 e. The van der Waals surface area contributed by atoms with Crippen LogP contribution in [0.1, 0.15) is 27.0 Å². The standard InChI is InChI=1S/C23H21N3O/c1-16-7-10-20(11-8-16)26-15-25-21-13-18(9-12-22(21)26)23(27)24-14-19-6-4-3-5-17(19)2/h3-13,15H,14H2,1-2H3,(H,24,27). The fourth-order valence-electron chi connectivity index (χ4n) is 3.15. The monoisotopic (exact) mass is 355 g/mol. The summed E-state index contributed by atoms with van der Waals surface area (Å²) < 4.78 is 2.03. The summed E-state index contributed by atoms with van der Waals surface area (Å²) in [5.41, 5.74) is 6.97. The number of hydrogen-bond acceptors (Lipinski definition) is 2. The molecule has 0 spiro atoms. The van der Waals surface area contributed by atoms with Crippen LogP contribution in [0, 0.1) is 13.8 Å². The van der Waals surface area contributed by atoms with Crippen molar-refractivity contribution < 1.29 is 4.79 Å². The van der Waals surface area contributed by atoms with Crippen molar-refractivity contribution in [2.75, 3.05) is 0 Å². The average Bonchev–Trinajstić information content (AvgIpc) is 3.11. The van der Waals surface area contributed by atoms with Gasteiger partial charge in [0.2, 0.25) is 0 Å². The molecule has 1 aromatic heterocycles. The van der Waals surface area contributed by atoms with Gasteiger partial charge in [0.05, 0.1) is 11.0 Å². The van der Waals surface area contributed by atoms with Crippen molar-refractivity contribution in [1.29, 1.82) is 0 Å². The SMILES string of the molecule is Cc1ccc(-n2cnc3cc(C(=O)NCc4ccccc4C)ccc32)cc1. The van der Waals surface area contributed by atoms with Crippen LogP contribution in [-0.4, -0.2) is 15.5 Å². The van der Waals surface area contributed by atoms with E-state index in [9.17, 15) is 4.79 Å². The summed E-state index contributed by atoms with van der Waals surface area (Å²) in [6, 6.07) is 22.0. The molecule has 0 aliphatic carbocycles. The lowest BCUT2D eigenvalue weighted by Crippen LogP contribution is -2.23. The molecular weight excluding hydrogens is 334 g/mol. The van der Waals surface area contributed by atoms with Crippen LogP contribution in [0.2, 0.25) is 0 Å². The lowest BCUT2D eigenvalue weighted by Gasteiger charge is -2.08. The second kappa shape index (κ2) is 7.08. The number of carbonyl (C=O) groups excluding carboxylic acids is 1. The molecule has 4 nitrogen and oxygen atoms in total. The Labute approximate surface area is 158 Å². The first-order valence-electron chi connectivity index (χ1n) is 8.99. The Balaban J connectivity index is 1.56. The first-order valence-corrected chi connectivity index (χ1v) is 8.99. The summed E-state index contributed by atoms with van der Waals surface area (Å²) in [5.74, 6) is -0.0926. The largest absolute Gasteiger partial charge is 0.348 e. The summed E-state index contributed by atoms with van der Waals surface area (Å²) in [6.07, 6.45) is 1.80. The van der Waals surface area contributed by atoms with E-state index < -0.39 is 0 Å². The van der Waals surface area contributed by atoms with E-state index in [0.717, 1.165) is 22.3 Å². The smallest absolute Gasteiger partial charge is 0.251 e. The molecule has 1 N–H and O–H groups in total. The van der Waals surface area contributed by atoms with E-state index >= 15 is 0 Å². The predicted molar refractivity (Wildman–Crippen MR) is 108 cm³/mol. The molecule has 0 atom stereocenters. The molecule has 1 amide bonds. The highest BCUT2D eigenvalue weighted by Crippen LogP contribution is 2.20. The molecule has 4 aromatic rings. The van der Waals surface area contributed by atoms with Crippen LogP contribution in [-0.2, 0) is 6.54 Å². The Hall–Kier alpha value is -3.40. The van der Waals surface area contributed by atoms with Crippen molar-refractivity contribution in [3.05, 3.63) is 95.3 Å². The van der Waals surface area contributed by atoms with E-state index in [4.69, 9.17) is 0 Å². The van der Waals surface area contributed by atoms with Gasteiger partial charge in [-0.15, -0.1) is 0 Å². The van der Waals surface area contributed by atoms with Gasteiger partial charge in [0.25, 0.3) is 5.91 Å². The quantitative estimate of drug-likeness (QED) is 0.583. The van der Waals surface area contributed by atoms with Crippen LogP contribution in [0.25, 0.3) is 16.7 Å². The Kier molecular flexibility index (Phi) is 4.47. The normalized spacial score (nSPS) is 10.9. The molecule has 0 saturated carbocycles. The van der Waals surface area contributed by atoms with E-state index in [-0.39, 0.29) is 5.91 Å². The minimum absolute atomic E-state index is 0.0926. The maximum atomic E-state index is 12.5. The van der Waals surface area contributed by atoms with Gasteiger partial charge in [-0.05, 0) is 55.3 Å². The molecule has 0 bridgehead atoms. The van der Waals surface area contributed by atoms with E-state index in [1.165, 1.54) is 11.1 Å². The first kappa shape index (κ1) is 17.0. The number of nitrogens with zero attached hydrogens (tertiary/aromatic N) is 2. The third kappa shape index (κ3) is 3.47. The highest BCUT2D eigenvalue weighted by Gasteiger charge is 2.10. The van der Waals surface area contributed by atoms with Crippen molar-refractivity contribution in [2.24, 2.45) is 0 Å². The van der Waals surface area contributed by atoms with Crippen molar-refractivity contribution in [1.82, 2.24) is 14.9 Å². The number of rotatable bonds is 4. The van der Waals surface area contributed by atoms with E-state index in [1.807, 2.05) is 54.0 Å². The second-order valence-corrected chi connectivity index (χ2v) is 6.76. The van der Waals surface area contributed by atoms with Gasteiger partial charge in [0.15, 0.2) is 0 Å². The maximum Gasteiger partial charge on any atom is 0.251 e.